The van der Waals surface area contributed by atoms with Crippen LogP contribution >= 0.6 is 0 Å². The minimum Gasteiger partial charge on any atom is -0.408 e. The van der Waals surface area contributed by atoms with Gasteiger partial charge < -0.3 is 14.8 Å². The molecule has 6 nitrogen and oxygen atoms in total. The van der Waals surface area contributed by atoms with Crippen LogP contribution in [0.5, 0.6) is 0 Å². The lowest BCUT2D eigenvalue weighted by Crippen LogP contribution is -2.36. The third kappa shape index (κ3) is 2.85. The SMILES string of the molecule is O=C(Cn1c(=O)oc2ccc(CO)cc21)NC1CCCC1. The Morgan fingerprint density at radius 2 is 2.14 bits per heavy atom. The van der Waals surface area contributed by atoms with Crippen molar-refractivity contribution in [3.8, 4) is 0 Å². The summed E-state index contributed by atoms with van der Waals surface area (Å²) in [7, 11) is 0. The molecule has 1 aliphatic carbocycles. The predicted octanol–water partition coefficient (Wildman–Crippen LogP) is 1.15. The lowest BCUT2D eigenvalue weighted by Gasteiger charge is -2.11. The van der Waals surface area contributed by atoms with Gasteiger partial charge in [-0.05, 0) is 30.5 Å². The van der Waals surface area contributed by atoms with Crippen LogP contribution in [0.15, 0.2) is 27.4 Å². The summed E-state index contributed by atoms with van der Waals surface area (Å²) >= 11 is 0. The third-order valence-corrected chi connectivity index (χ3v) is 3.94. The predicted molar refractivity (Wildman–Crippen MR) is 76.8 cm³/mol. The van der Waals surface area contributed by atoms with Crippen LogP contribution < -0.4 is 11.1 Å². The standard InChI is InChI=1S/C15H18N2O4/c18-9-10-5-6-13-12(7-10)17(15(20)21-13)8-14(19)16-11-3-1-2-4-11/h5-7,11,18H,1-4,8-9H2,(H,16,19). The molecule has 1 heterocycles. The van der Waals surface area contributed by atoms with E-state index in [0.717, 1.165) is 25.7 Å². The van der Waals surface area contributed by atoms with E-state index in [9.17, 15) is 9.59 Å². The number of aromatic nitrogens is 1. The second-order valence-corrected chi connectivity index (χ2v) is 5.46. The number of hydrogen-bond acceptors (Lipinski definition) is 4. The Morgan fingerprint density at radius 3 is 2.86 bits per heavy atom. The van der Waals surface area contributed by atoms with Gasteiger partial charge in [0.25, 0.3) is 0 Å². The van der Waals surface area contributed by atoms with Crippen LogP contribution in [0.25, 0.3) is 11.1 Å². The molecule has 2 aromatic rings. The fourth-order valence-corrected chi connectivity index (χ4v) is 2.84. The summed E-state index contributed by atoms with van der Waals surface area (Å²) in [6, 6.07) is 5.21. The molecule has 1 aliphatic rings. The zero-order valence-electron chi connectivity index (χ0n) is 11.7. The summed E-state index contributed by atoms with van der Waals surface area (Å²) in [5.41, 5.74) is 1.63. The normalized spacial score (nSPS) is 15.7. The van der Waals surface area contributed by atoms with Gasteiger partial charge in [0.2, 0.25) is 5.91 Å². The van der Waals surface area contributed by atoms with Gasteiger partial charge in [-0.2, -0.15) is 0 Å². The number of amides is 1. The molecule has 0 atom stereocenters. The maximum absolute atomic E-state index is 12.1. The zero-order valence-corrected chi connectivity index (χ0v) is 11.7. The molecule has 0 aliphatic heterocycles. The van der Waals surface area contributed by atoms with Gasteiger partial charge in [0.15, 0.2) is 5.58 Å². The van der Waals surface area contributed by atoms with E-state index >= 15 is 0 Å². The number of fused-ring (bicyclic) bond motifs is 1. The minimum atomic E-state index is -0.554. The van der Waals surface area contributed by atoms with E-state index in [1.165, 1.54) is 4.57 Å². The zero-order chi connectivity index (χ0) is 14.8. The van der Waals surface area contributed by atoms with Crippen LogP contribution in [0.4, 0.5) is 0 Å². The second kappa shape index (κ2) is 5.73. The van der Waals surface area contributed by atoms with Crippen molar-refractivity contribution in [2.45, 2.75) is 44.9 Å². The lowest BCUT2D eigenvalue weighted by atomic mass is 10.2. The number of carbonyl (C=O) groups excluding carboxylic acids is 1. The Morgan fingerprint density at radius 1 is 1.38 bits per heavy atom. The van der Waals surface area contributed by atoms with Crippen molar-refractivity contribution in [1.29, 1.82) is 0 Å². The molecule has 0 radical (unpaired) electrons. The molecule has 1 aromatic carbocycles. The van der Waals surface area contributed by atoms with Crippen molar-refractivity contribution >= 4 is 17.0 Å². The summed E-state index contributed by atoms with van der Waals surface area (Å²) in [6.45, 7) is -0.180. The van der Waals surface area contributed by atoms with Gasteiger partial charge >= 0.3 is 5.76 Å². The van der Waals surface area contributed by atoms with E-state index < -0.39 is 5.76 Å². The highest BCUT2D eigenvalue weighted by Crippen LogP contribution is 2.18. The van der Waals surface area contributed by atoms with Crippen molar-refractivity contribution in [2.75, 3.05) is 0 Å². The molecule has 1 saturated carbocycles. The summed E-state index contributed by atoms with van der Waals surface area (Å²) < 4.78 is 6.42. The van der Waals surface area contributed by atoms with Crippen LogP contribution in [0.1, 0.15) is 31.2 Å². The number of nitrogens with one attached hydrogen (secondary N) is 1. The van der Waals surface area contributed by atoms with Gasteiger partial charge in [-0.25, -0.2) is 4.79 Å². The summed E-state index contributed by atoms with van der Waals surface area (Å²) in [4.78, 5) is 23.9. The van der Waals surface area contributed by atoms with Crippen molar-refractivity contribution < 1.29 is 14.3 Å². The monoisotopic (exact) mass is 290 g/mol. The Hall–Kier alpha value is -2.08. The highest BCUT2D eigenvalue weighted by Gasteiger charge is 2.19. The lowest BCUT2D eigenvalue weighted by molar-refractivity contribution is -0.122. The number of aliphatic hydroxyl groups is 1. The molecule has 1 fully saturated rings. The van der Waals surface area contributed by atoms with Gasteiger partial charge in [-0.3, -0.25) is 9.36 Å². The van der Waals surface area contributed by atoms with E-state index in [1.54, 1.807) is 18.2 Å². The molecular weight excluding hydrogens is 272 g/mol. The van der Waals surface area contributed by atoms with Crippen molar-refractivity contribution in [3.05, 3.63) is 34.3 Å². The van der Waals surface area contributed by atoms with Crippen LogP contribution in [-0.2, 0) is 17.9 Å². The maximum atomic E-state index is 12.1. The molecule has 6 heteroatoms. The molecule has 1 amide bonds. The Labute approximate surface area is 121 Å². The molecule has 21 heavy (non-hydrogen) atoms. The van der Waals surface area contributed by atoms with E-state index in [4.69, 9.17) is 9.52 Å². The average Bonchev–Trinajstić information content (AvgIpc) is 3.07. The first-order chi connectivity index (χ1) is 10.2. The fraction of sp³-hybridized carbons (Fsp3) is 0.467. The first kappa shape index (κ1) is 13.9. The number of rotatable bonds is 4. The highest BCUT2D eigenvalue weighted by molar-refractivity contribution is 5.80. The van der Waals surface area contributed by atoms with Crippen molar-refractivity contribution in [3.63, 3.8) is 0 Å². The summed E-state index contributed by atoms with van der Waals surface area (Å²) in [5, 5.41) is 12.1. The van der Waals surface area contributed by atoms with Crippen molar-refractivity contribution in [2.24, 2.45) is 0 Å². The van der Waals surface area contributed by atoms with Crippen LogP contribution in [-0.4, -0.2) is 21.6 Å². The van der Waals surface area contributed by atoms with Gasteiger partial charge in [0, 0.05) is 6.04 Å². The largest absolute Gasteiger partial charge is 0.420 e. The van der Waals surface area contributed by atoms with Crippen LogP contribution in [0.3, 0.4) is 0 Å². The average molecular weight is 290 g/mol. The van der Waals surface area contributed by atoms with E-state index in [-0.39, 0.29) is 25.1 Å². The summed E-state index contributed by atoms with van der Waals surface area (Å²) in [5.74, 6) is -0.734. The second-order valence-electron chi connectivity index (χ2n) is 5.46. The van der Waals surface area contributed by atoms with E-state index in [2.05, 4.69) is 5.32 Å². The number of oxazole rings is 1. The van der Waals surface area contributed by atoms with Crippen LogP contribution in [0.2, 0.25) is 0 Å². The van der Waals surface area contributed by atoms with E-state index in [0.29, 0.717) is 16.7 Å². The number of carbonyl (C=O) groups is 1. The summed E-state index contributed by atoms with van der Waals surface area (Å²) in [6.07, 6.45) is 4.28. The number of aliphatic hydroxyl groups excluding tert-OH is 1. The number of nitrogens with zero attached hydrogens (tertiary/aromatic N) is 1. The minimum absolute atomic E-state index is 0.0583. The quantitative estimate of drug-likeness (QED) is 0.884. The topological polar surface area (TPSA) is 84.5 Å². The van der Waals surface area contributed by atoms with Crippen LogP contribution in [0, 0.1) is 0 Å². The fourth-order valence-electron chi connectivity index (χ4n) is 2.84. The molecule has 0 spiro atoms. The highest BCUT2D eigenvalue weighted by atomic mass is 16.4. The van der Waals surface area contributed by atoms with E-state index in [1.807, 2.05) is 0 Å². The molecule has 2 N–H and O–H groups in total. The molecule has 3 rings (SSSR count). The number of benzene rings is 1. The molecule has 0 unspecified atom stereocenters. The Balaban J connectivity index is 1.83. The Kier molecular flexibility index (Phi) is 3.79. The van der Waals surface area contributed by atoms with Gasteiger partial charge in [-0.15, -0.1) is 0 Å². The molecule has 112 valence electrons. The molecule has 1 aromatic heterocycles. The molecule has 0 saturated heterocycles. The number of hydrogen-bond donors (Lipinski definition) is 2. The third-order valence-electron chi connectivity index (χ3n) is 3.94. The Bertz CT molecular complexity index is 710. The van der Waals surface area contributed by atoms with Gasteiger partial charge in [-0.1, -0.05) is 18.9 Å². The van der Waals surface area contributed by atoms with Gasteiger partial charge in [0.05, 0.1) is 12.1 Å². The first-order valence-corrected chi connectivity index (χ1v) is 7.20. The maximum Gasteiger partial charge on any atom is 0.420 e. The molecular formula is C15H18N2O4. The molecule has 0 bridgehead atoms. The van der Waals surface area contributed by atoms with Gasteiger partial charge in [0.1, 0.15) is 6.54 Å². The first-order valence-electron chi connectivity index (χ1n) is 7.20. The smallest absolute Gasteiger partial charge is 0.408 e. The van der Waals surface area contributed by atoms with Crippen molar-refractivity contribution in [1.82, 2.24) is 9.88 Å².